The maximum Gasteiger partial charge on any atom is 0.141 e. The molecule has 5 nitrogen and oxygen atoms in total. The van der Waals surface area contributed by atoms with Gasteiger partial charge in [-0.15, -0.1) is 0 Å². The summed E-state index contributed by atoms with van der Waals surface area (Å²) in [7, 11) is 1.66. The number of benzene rings is 1. The second-order valence-corrected chi connectivity index (χ2v) is 4.97. The zero-order valence-electron chi connectivity index (χ0n) is 11.7. The Kier molecular flexibility index (Phi) is 5.38. The number of rotatable bonds is 7. The number of aromatic amines is 1. The van der Waals surface area contributed by atoms with E-state index in [9.17, 15) is 0 Å². The van der Waals surface area contributed by atoms with E-state index in [1.54, 1.807) is 7.11 Å². The monoisotopic (exact) mass is 294 g/mol. The molecule has 0 amide bonds. The molecule has 1 unspecified atom stereocenters. The van der Waals surface area contributed by atoms with E-state index in [2.05, 4.69) is 27.4 Å². The van der Waals surface area contributed by atoms with Crippen molar-refractivity contribution in [2.75, 3.05) is 13.7 Å². The molecular formula is C14H19ClN4O. The number of methoxy groups -OCH3 is 1. The fourth-order valence-electron chi connectivity index (χ4n) is 2.09. The smallest absolute Gasteiger partial charge is 0.141 e. The molecule has 1 aromatic carbocycles. The molecule has 0 fully saturated rings. The molecule has 1 atom stereocenters. The van der Waals surface area contributed by atoms with Crippen LogP contribution < -0.4 is 10.1 Å². The number of halogens is 1. The molecule has 2 aromatic rings. The van der Waals surface area contributed by atoms with Crippen LogP contribution in [0.15, 0.2) is 24.5 Å². The predicted octanol–water partition coefficient (Wildman–Crippen LogP) is 2.75. The zero-order chi connectivity index (χ0) is 14.4. The van der Waals surface area contributed by atoms with Crippen LogP contribution in [0, 0.1) is 0 Å². The van der Waals surface area contributed by atoms with Crippen molar-refractivity contribution in [2.24, 2.45) is 0 Å². The van der Waals surface area contributed by atoms with Crippen LogP contribution in [0.5, 0.6) is 5.75 Å². The Morgan fingerprint density at radius 2 is 2.30 bits per heavy atom. The fourth-order valence-corrected chi connectivity index (χ4v) is 2.29. The van der Waals surface area contributed by atoms with Crippen molar-refractivity contribution in [3.8, 4) is 5.75 Å². The Morgan fingerprint density at radius 3 is 2.95 bits per heavy atom. The maximum atomic E-state index is 6.07. The van der Waals surface area contributed by atoms with Crippen LogP contribution >= 0.6 is 11.6 Å². The molecule has 1 heterocycles. The first kappa shape index (κ1) is 14.8. The lowest BCUT2D eigenvalue weighted by molar-refractivity contribution is 0.404. The van der Waals surface area contributed by atoms with E-state index in [-0.39, 0.29) is 6.04 Å². The van der Waals surface area contributed by atoms with Gasteiger partial charge in [-0.2, -0.15) is 5.10 Å². The van der Waals surface area contributed by atoms with E-state index < -0.39 is 0 Å². The van der Waals surface area contributed by atoms with Crippen LogP contribution in [-0.2, 0) is 6.42 Å². The summed E-state index contributed by atoms with van der Waals surface area (Å²) in [6.07, 6.45) is 3.31. The number of H-pyrrole nitrogens is 1. The summed E-state index contributed by atoms with van der Waals surface area (Å²) in [5, 5.41) is 11.0. The van der Waals surface area contributed by atoms with Crippen LogP contribution in [0.25, 0.3) is 0 Å². The van der Waals surface area contributed by atoms with Gasteiger partial charge in [0.1, 0.15) is 17.9 Å². The Balaban J connectivity index is 2.21. The van der Waals surface area contributed by atoms with Gasteiger partial charge in [0, 0.05) is 5.02 Å². The van der Waals surface area contributed by atoms with E-state index in [4.69, 9.17) is 16.3 Å². The van der Waals surface area contributed by atoms with Crippen molar-refractivity contribution in [3.63, 3.8) is 0 Å². The van der Waals surface area contributed by atoms with Gasteiger partial charge in [0.05, 0.1) is 13.2 Å². The highest BCUT2D eigenvalue weighted by molar-refractivity contribution is 6.30. The van der Waals surface area contributed by atoms with Crippen molar-refractivity contribution >= 4 is 11.6 Å². The third-order valence-corrected chi connectivity index (χ3v) is 3.31. The third kappa shape index (κ3) is 3.71. The van der Waals surface area contributed by atoms with Crippen molar-refractivity contribution < 1.29 is 4.74 Å². The molecule has 0 aliphatic carbocycles. The van der Waals surface area contributed by atoms with E-state index >= 15 is 0 Å². The average Bonchev–Trinajstić information content (AvgIpc) is 2.97. The van der Waals surface area contributed by atoms with Crippen molar-refractivity contribution in [3.05, 3.63) is 40.9 Å². The Morgan fingerprint density at radius 1 is 1.45 bits per heavy atom. The summed E-state index contributed by atoms with van der Waals surface area (Å²) < 4.78 is 5.39. The van der Waals surface area contributed by atoms with Crippen molar-refractivity contribution in [1.29, 1.82) is 0 Å². The number of hydrogen-bond acceptors (Lipinski definition) is 4. The summed E-state index contributed by atoms with van der Waals surface area (Å²) >= 11 is 6.07. The van der Waals surface area contributed by atoms with Gasteiger partial charge >= 0.3 is 0 Å². The highest BCUT2D eigenvalue weighted by atomic mass is 35.5. The van der Waals surface area contributed by atoms with E-state index in [1.165, 1.54) is 6.33 Å². The average molecular weight is 295 g/mol. The van der Waals surface area contributed by atoms with Crippen LogP contribution in [0.4, 0.5) is 0 Å². The molecule has 0 aliphatic rings. The zero-order valence-corrected chi connectivity index (χ0v) is 12.4. The second-order valence-electron chi connectivity index (χ2n) is 4.54. The third-order valence-electron chi connectivity index (χ3n) is 3.07. The number of nitrogens with zero attached hydrogens (tertiary/aromatic N) is 2. The van der Waals surface area contributed by atoms with Crippen molar-refractivity contribution in [2.45, 2.75) is 25.8 Å². The van der Waals surface area contributed by atoms with Gasteiger partial charge < -0.3 is 10.1 Å². The molecule has 0 saturated heterocycles. The summed E-state index contributed by atoms with van der Waals surface area (Å²) in [5.74, 6) is 1.65. The Hall–Kier alpha value is -1.59. The van der Waals surface area contributed by atoms with Crippen molar-refractivity contribution in [1.82, 2.24) is 20.5 Å². The highest BCUT2D eigenvalue weighted by Crippen LogP contribution is 2.26. The summed E-state index contributed by atoms with van der Waals surface area (Å²) in [6, 6.07) is 5.70. The second kappa shape index (κ2) is 7.26. The molecule has 1 aromatic heterocycles. The number of nitrogens with one attached hydrogen (secondary N) is 2. The van der Waals surface area contributed by atoms with E-state index in [1.807, 2.05) is 18.2 Å². The molecule has 108 valence electrons. The minimum Gasteiger partial charge on any atom is -0.496 e. The van der Waals surface area contributed by atoms with Crippen LogP contribution in [0.1, 0.15) is 30.8 Å². The largest absolute Gasteiger partial charge is 0.496 e. The first-order valence-corrected chi connectivity index (χ1v) is 7.03. The Bertz CT molecular complexity index is 530. The predicted molar refractivity (Wildman–Crippen MR) is 79.1 cm³/mol. The SMILES string of the molecule is CCCNC(Cc1cc(Cl)ccc1OC)c1ncn[nH]1. The molecule has 20 heavy (non-hydrogen) atoms. The van der Waals surface area contributed by atoms with E-state index in [0.717, 1.165) is 36.5 Å². The fraction of sp³-hybridized carbons (Fsp3) is 0.429. The van der Waals surface area contributed by atoms with Gasteiger partial charge in [-0.3, -0.25) is 5.10 Å². The minimum atomic E-state index is 0.0600. The van der Waals surface area contributed by atoms with Gasteiger partial charge in [0.2, 0.25) is 0 Å². The first-order chi connectivity index (χ1) is 9.74. The van der Waals surface area contributed by atoms with Gasteiger partial charge in [-0.1, -0.05) is 18.5 Å². The number of aromatic nitrogens is 3. The molecule has 0 saturated carbocycles. The lowest BCUT2D eigenvalue weighted by Crippen LogP contribution is -2.25. The number of hydrogen-bond donors (Lipinski definition) is 2. The van der Waals surface area contributed by atoms with E-state index in [0.29, 0.717) is 5.02 Å². The lowest BCUT2D eigenvalue weighted by atomic mass is 10.0. The minimum absolute atomic E-state index is 0.0600. The van der Waals surface area contributed by atoms with Crippen LogP contribution in [0.3, 0.4) is 0 Å². The quantitative estimate of drug-likeness (QED) is 0.824. The summed E-state index contributed by atoms with van der Waals surface area (Å²) in [4.78, 5) is 4.24. The molecule has 2 N–H and O–H groups in total. The molecule has 0 radical (unpaired) electrons. The lowest BCUT2D eigenvalue weighted by Gasteiger charge is -2.17. The molecular weight excluding hydrogens is 276 g/mol. The van der Waals surface area contributed by atoms with Gasteiger partial charge in [-0.25, -0.2) is 4.98 Å². The highest BCUT2D eigenvalue weighted by Gasteiger charge is 2.17. The molecule has 6 heteroatoms. The normalized spacial score (nSPS) is 12.3. The summed E-state index contributed by atoms with van der Waals surface area (Å²) in [6.45, 7) is 3.04. The van der Waals surface area contributed by atoms with Gasteiger partial charge in [0.25, 0.3) is 0 Å². The van der Waals surface area contributed by atoms with Gasteiger partial charge in [0.15, 0.2) is 0 Å². The van der Waals surface area contributed by atoms with Gasteiger partial charge in [-0.05, 0) is 43.1 Å². The number of ether oxygens (including phenoxy) is 1. The summed E-state index contributed by atoms with van der Waals surface area (Å²) in [5.41, 5.74) is 1.05. The molecule has 0 aliphatic heterocycles. The molecule has 0 spiro atoms. The molecule has 0 bridgehead atoms. The Labute approximate surface area is 123 Å². The topological polar surface area (TPSA) is 62.8 Å². The molecule has 2 rings (SSSR count). The standard InChI is InChI=1S/C14H19ClN4O/c1-3-6-16-12(14-17-9-18-19-14)8-10-7-11(15)4-5-13(10)20-2/h4-5,7,9,12,16H,3,6,8H2,1-2H3,(H,17,18,19). The van der Waals surface area contributed by atoms with Crippen LogP contribution in [-0.4, -0.2) is 28.8 Å². The van der Waals surface area contributed by atoms with Crippen LogP contribution in [0.2, 0.25) is 5.02 Å². The maximum absolute atomic E-state index is 6.07. The first-order valence-electron chi connectivity index (χ1n) is 6.65.